The predicted molar refractivity (Wildman–Crippen MR) is 113 cm³/mol. The molecule has 2 aromatic rings. The van der Waals surface area contributed by atoms with Gasteiger partial charge in [-0.25, -0.2) is 4.99 Å². The van der Waals surface area contributed by atoms with Crippen LogP contribution in [0, 0.1) is 6.92 Å². The quantitative estimate of drug-likeness (QED) is 0.567. The van der Waals surface area contributed by atoms with Crippen molar-refractivity contribution in [1.82, 2.24) is 30.3 Å². The zero-order chi connectivity index (χ0) is 19.8. The Morgan fingerprint density at radius 2 is 1.93 bits per heavy atom. The third-order valence-corrected chi connectivity index (χ3v) is 5.33. The third-order valence-electron chi connectivity index (χ3n) is 5.33. The van der Waals surface area contributed by atoms with E-state index in [1.807, 2.05) is 24.6 Å². The Hall–Kier alpha value is -2.41. The molecule has 2 heterocycles. The van der Waals surface area contributed by atoms with Gasteiger partial charge in [0, 0.05) is 26.2 Å². The second-order valence-electron chi connectivity index (χ2n) is 7.49. The second-order valence-corrected chi connectivity index (χ2v) is 7.49. The second kappa shape index (κ2) is 10.2. The number of aromatic nitrogens is 3. The van der Waals surface area contributed by atoms with E-state index < -0.39 is 0 Å². The smallest absolute Gasteiger partial charge is 0.192 e. The molecule has 0 radical (unpaired) electrons. The average Bonchev–Trinajstić information content (AvgIpc) is 3.04. The Labute approximate surface area is 168 Å². The molecular formula is C21H33N7. The summed E-state index contributed by atoms with van der Waals surface area (Å²) in [5.41, 5.74) is 1.20. The van der Waals surface area contributed by atoms with Crippen molar-refractivity contribution < 1.29 is 0 Å². The van der Waals surface area contributed by atoms with Crippen LogP contribution < -0.4 is 10.6 Å². The summed E-state index contributed by atoms with van der Waals surface area (Å²) in [6.07, 6.45) is 3.52. The van der Waals surface area contributed by atoms with Gasteiger partial charge < -0.3 is 20.1 Å². The fraction of sp³-hybridized carbons (Fsp3) is 0.571. The zero-order valence-electron chi connectivity index (χ0n) is 17.4. The highest BCUT2D eigenvalue weighted by Gasteiger charge is 2.19. The molecule has 1 aliphatic rings. The van der Waals surface area contributed by atoms with E-state index in [0.717, 1.165) is 43.5 Å². The lowest BCUT2D eigenvalue weighted by molar-refractivity contribution is 0.206. The lowest BCUT2D eigenvalue weighted by Crippen LogP contribution is -2.48. The molecule has 1 saturated heterocycles. The Kier molecular flexibility index (Phi) is 7.42. The molecule has 7 nitrogen and oxygen atoms in total. The summed E-state index contributed by atoms with van der Waals surface area (Å²) >= 11 is 0. The standard InChI is InChI=1S/C21H33N7/c1-4-12-28-13-10-19(11-14-28)24-21(22-15-18-8-6-5-7-9-18)23-16-20-26-25-17(2)27(20)3/h5-9,19H,4,10-16H2,1-3H3,(H2,22,23,24). The maximum absolute atomic E-state index is 4.82. The first kappa shape index (κ1) is 20.3. The minimum atomic E-state index is 0.455. The Bertz CT molecular complexity index is 745. The Balaban J connectivity index is 1.61. The number of guanidine groups is 1. The Morgan fingerprint density at radius 1 is 1.18 bits per heavy atom. The lowest BCUT2D eigenvalue weighted by Gasteiger charge is -2.32. The van der Waals surface area contributed by atoms with E-state index in [2.05, 4.69) is 56.9 Å². The zero-order valence-corrected chi connectivity index (χ0v) is 17.4. The van der Waals surface area contributed by atoms with Crippen LogP contribution in [0.2, 0.25) is 0 Å². The van der Waals surface area contributed by atoms with Gasteiger partial charge in [-0.15, -0.1) is 10.2 Å². The fourth-order valence-electron chi connectivity index (χ4n) is 3.48. The first-order valence-corrected chi connectivity index (χ1v) is 10.3. The van der Waals surface area contributed by atoms with Crippen LogP contribution in [0.4, 0.5) is 0 Å². The number of likely N-dealkylation sites (tertiary alicyclic amines) is 1. The maximum Gasteiger partial charge on any atom is 0.192 e. The molecule has 0 atom stereocenters. The summed E-state index contributed by atoms with van der Waals surface area (Å²) in [7, 11) is 1.99. The molecule has 0 unspecified atom stereocenters. The SMILES string of the molecule is CCCN1CCC(NC(=NCc2ccccc2)NCc2nnc(C)n2C)CC1. The molecule has 2 N–H and O–H groups in total. The first-order chi connectivity index (χ1) is 13.7. The molecule has 0 bridgehead atoms. The number of benzene rings is 1. The van der Waals surface area contributed by atoms with Crippen molar-refractivity contribution >= 4 is 5.96 Å². The van der Waals surface area contributed by atoms with Crippen LogP contribution in [0.5, 0.6) is 0 Å². The van der Waals surface area contributed by atoms with Crippen LogP contribution >= 0.6 is 0 Å². The molecule has 1 aliphatic heterocycles. The van der Waals surface area contributed by atoms with Gasteiger partial charge in [0.1, 0.15) is 5.82 Å². The van der Waals surface area contributed by atoms with Crippen molar-refractivity contribution in [2.45, 2.75) is 52.2 Å². The molecule has 0 saturated carbocycles. The largest absolute Gasteiger partial charge is 0.354 e. The van der Waals surface area contributed by atoms with Crippen molar-refractivity contribution in [2.24, 2.45) is 12.0 Å². The minimum absolute atomic E-state index is 0.455. The van der Waals surface area contributed by atoms with E-state index in [4.69, 9.17) is 4.99 Å². The van der Waals surface area contributed by atoms with Gasteiger partial charge in [-0.2, -0.15) is 0 Å². The summed E-state index contributed by atoms with van der Waals surface area (Å²) < 4.78 is 2.01. The fourth-order valence-corrected chi connectivity index (χ4v) is 3.48. The normalized spacial score (nSPS) is 16.3. The van der Waals surface area contributed by atoms with Crippen molar-refractivity contribution in [1.29, 1.82) is 0 Å². The number of nitrogens with zero attached hydrogens (tertiary/aromatic N) is 5. The van der Waals surface area contributed by atoms with Gasteiger partial charge in [0.25, 0.3) is 0 Å². The molecule has 3 rings (SSSR count). The number of nitrogens with one attached hydrogen (secondary N) is 2. The van der Waals surface area contributed by atoms with Crippen molar-refractivity contribution in [3.05, 3.63) is 47.5 Å². The summed E-state index contributed by atoms with van der Waals surface area (Å²) in [6, 6.07) is 10.8. The summed E-state index contributed by atoms with van der Waals surface area (Å²) in [6.45, 7) is 8.97. The van der Waals surface area contributed by atoms with Gasteiger partial charge in [0.05, 0.1) is 13.1 Å². The van der Waals surface area contributed by atoms with Crippen LogP contribution in [-0.4, -0.2) is 51.3 Å². The number of aryl methyl sites for hydroxylation is 1. The molecule has 28 heavy (non-hydrogen) atoms. The molecule has 0 spiro atoms. The van der Waals surface area contributed by atoms with Crippen LogP contribution in [-0.2, 0) is 20.1 Å². The average molecular weight is 384 g/mol. The number of hydrogen-bond acceptors (Lipinski definition) is 4. The highest BCUT2D eigenvalue weighted by molar-refractivity contribution is 5.80. The topological polar surface area (TPSA) is 70.4 Å². The molecule has 7 heteroatoms. The van der Waals surface area contributed by atoms with Gasteiger partial charge >= 0.3 is 0 Å². The molecule has 1 aromatic carbocycles. The van der Waals surface area contributed by atoms with E-state index in [-0.39, 0.29) is 0 Å². The van der Waals surface area contributed by atoms with Gasteiger partial charge in [0.15, 0.2) is 11.8 Å². The molecule has 1 fully saturated rings. The van der Waals surface area contributed by atoms with Gasteiger partial charge in [-0.05, 0) is 38.3 Å². The highest BCUT2D eigenvalue weighted by atomic mass is 15.3. The van der Waals surface area contributed by atoms with E-state index >= 15 is 0 Å². The monoisotopic (exact) mass is 383 g/mol. The number of piperidine rings is 1. The molecule has 0 amide bonds. The summed E-state index contributed by atoms with van der Waals surface area (Å²) in [4.78, 5) is 7.37. The highest BCUT2D eigenvalue weighted by Crippen LogP contribution is 2.11. The van der Waals surface area contributed by atoms with Crippen LogP contribution in [0.1, 0.15) is 43.4 Å². The van der Waals surface area contributed by atoms with Crippen LogP contribution in [0.15, 0.2) is 35.3 Å². The Morgan fingerprint density at radius 3 is 2.57 bits per heavy atom. The molecule has 1 aromatic heterocycles. The van der Waals surface area contributed by atoms with E-state index in [0.29, 0.717) is 19.1 Å². The summed E-state index contributed by atoms with van der Waals surface area (Å²) in [5.74, 6) is 2.67. The van der Waals surface area contributed by atoms with Gasteiger partial charge in [0.2, 0.25) is 0 Å². The first-order valence-electron chi connectivity index (χ1n) is 10.3. The third kappa shape index (κ3) is 5.79. The number of hydrogen-bond donors (Lipinski definition) is 2. The maximum atomic E-state index is 4.82. The van der Waals surface area contributed by atoms with E-state index in [1.54, 1.807) is 0 Å². The molecule has 0 aliphatic carbocycles. The van der Waals surface area contributed by atoms with E-state index in [9.17, 15) is 0 Å². The van der Waals surface area contributed by atoms with Gasteiger partial charge in [-0.1, -0.05) is 37.3 Å². The lowest BCUT2D eigenvalue weighted by atomic mass is 10.1. The van der Waals surface area contributed by atoms with Crippen molar-refractivity contribution in [3.8, 4) is 0 Å². The summed E-state index contributed by atoms with van der Waals surface area (Å²) in [5, 5.41) is 15.5. The number of rotatable bonds is 7. The van der Waals surface area contributed by atoms with Crippen molar-refractivity contribution in [3.63, 3.8) is 0 Å². The number of aliphatic imine (C=N–C) groups is 1. The van der Waals surface area contributed by atoms with Gasteiger partial charge in [-0.3, -0.25) is 0 Å². The minimum Gasteiger partial charge on any atom is -0.354 e. The predicted octanol–water partition coefficient (Wildman–Crippen LogP) is 2.23. The van der Waals surface area contributed by atoms with E-state index in [1.165, 1.54) is 18.5 Å². The van der Waals surface area contributed by atoms with Crippen LogP contribution in [0.3, 0.4) is 0 Å². The molecule has 152 valence electrons. The molecular weight excluding hydrogens is 350 g/mol. The van der Waals surface area contributed by atoms with Crippen LogP contribution in [0.25, 0.3) is 0 Å². The van der Waals surface area contributed by atoms with Crippen molar-refractivity contribution in [2.75, 3.05) is 19.6 Å².